The van der Waals surface area contributed by atoms with Crippen LogP contribution in [0.1, 0.15) is 29.2 Å². The van der Waals surface area contributed by atoms with E-state index in [0.717, 1.165) is 16.7 Å². The summed E-state index contributed by atoms with van der Waals surface area (Å²) >= 11 is 1.46. The third-order valence-corrected chi connectivity index (χ3v) is 5.14. The minimum absolute atomic E-state index is 0.0781. The molecule has 2 aromatic rings. The maximum Gasteiger partial charge on any atom is 0.242 e. The van der Waals surface area contributed by atoms with Crippen LogP contribution in [0.15, 0.2) is 58.7 Å². The van der Waals surface area contributed by atoms with Crippen molar-refractivity contribution in [2.24, 2.45) is 10.2 Å². The molecule has 0 radical (unpaired) electrons. The van der Waals surface area contributed by atoms with Crippen LogP contribution in [0.3, 0.4) is 0 Å². The first-order valence-corrected chi connectivity index (χ1v) is 9.13. The first-order valence-electron chi connectivity index (χ1n) is 8.25. The molecule has 1 amide bonds. The van der Waals surface area contributed by atoms with Gasteiger partial charge < -0.3 is 0 Å². The minimum Gasteiger partial charge on any atom is -0.284 e. The van der Waals surface area contributed by atoms with Crippen LogP contribution in [0.5, 0.6) is 0 Å². The van der Waals surface area contributed by atoms with Gasteiger partial charge in [-0.2, -0.15) is 5.10 Å². The van der Waals surface area contributed by atoms with E-state index in [2.05, 4.69) is 36.2 Å². The van der Waals surface area contributed by atoms with Gasteiger partial charge in [-0.25, -0.2) is 0 Å². The molecule has 25 heavy (non-hydrogen) atoms. The predicted molar refractivity (Wildman–Crippen MR) is 105 cm³/mol. The fourth-order valence-corrected chi connectivity index (χ4v) is 3.61. The zero-order valence-corrected chi connectivity index (χ0v) is 15.5. The number of nitrogens with zero attached hydrogens (tertiary/aromatic N) is 3. The third kappa shape index (κ3) is 4.17. The lowest BCUT2D eigenvalue weighted by Gasteiger charge is -2.15. The number of aryl methyl sites for hydroxylation is 2. The third-order valence-electron chi connectivity index (χ3n) is 4.08. The molecule has 2 aromatic carbocycles. The summed E-state index contributed by atoms with van der Waals surface area (Å²) in [5.74, 6) is 0.0781. The topological polar surface area (TPSA) is 45.0 Å². The van der Waals surface area contributed by atoms with Gasteiger partial charge in [-0.1, -0.05) is 65.9 Å². The molecule has 128 valence electrons. The average molecular weight is 351 g/mol. The van der Waals surface area contributed by atoms with Gasteiger partial charge in [-0.05, 0) is 37.5 Å². The first-order chi connectivity index (χ1) is 12.0. The summed E-state index contributed by atoms with van der Waals surface area (Å²) in [6, 6.07) is 16.1. The maximum absolute atomic E-state index is 12.4. The van der Waals surface area contributed by atoms with Gasteiger partial charge in [0.05, 0.1) is 18.0 Å². The lowest BCUT2D eigenvalue weighted by Crippen LogP contribution is -2.30. The lowest BCUT2D eigenvalue weighted by molar-refractivity contribution is -0.126. The van der Waals surface area contributed by atoms with E-state index in [9.17, 15) is 4.79 Å². The highest BCUT2D eigenvalue weighted by molar-refractivity contribution is 8.15. The number of hydrogen-bond donors (Lipinski definition) is 0. The highest BCUT2D eigenvalue weighted by atomic mass is 32.2. The average Bonchev–Trinajstić information content (AvgIpc) is 2.86. The smallest absolute Gasteiger partial charge is 0.242 e. The fourth-order valence-electron chi connectivity index (χ4n) is 2.69. The first kappa shape index (κ1) is 17.4. The molecule has 0 aliphatic carbocycles. The molecule has 1 saturated heterocycles. The number of amidine groups is 1. The number of amides is 1. The second-order valence-electron chi connectivity index (χ2n) is 6.16. The Kier molecular flexibility index (Phi) is 5.34. The number of thioether (sulfide) groups is 1. The second kappa shape index (κ2) is 7.66. The molecule has 0 N–H and O–H groups in total. The highest BCUT2D eigenvalue weighted by Gasteiger charge is 2.35. The van der Waals surface area contributed by atoms with E-state index in [-0.39, 0.29) is 11.2 Å². The maximum atomic E-state index is 12.4. The van der Waals surface area contributed by atoms with Crippen molar-refractivity contribution in [1.82, 2.24) is 4.90 Å². The van der Waals surface area contributed by atoms with Crippen LogP contribution in [0, 0.1) is 13.8 Å². The summed E-state index contributed by atoms with van der Waals surface area (Å²) in [5, 5.41) is 9.07. The molecule has 1 aliphatic rings. The number of carbonyl (C=O) groups excluding carboxylic acids is 1. The SMILES string of the molecule is Cc1ccc(/C=N\N=C2\S[C@@H](C)C(=O)N2Cc2ccccc2)c(C)c1. The Morgan fingerprint density at radius 2 is 1.92 bits per heavy atom. The summed E-state index contributed by atoms with van der Waals surface area (Å²) < 4.78 is 0. The molecule has 1 aliphatic heterocycles. The molecule has 0 unspecified atom stereocenters. The minimum atomic E-state index is -0.126. The van der Waals surface area contributed by atoms with Crippen LogP contribution >= 0.6 is 11.8 Å². The van der Waals surface area contributed by atoms with Gasteiger partial charge in [0.1, 0.15) is 0 Å². The van der Waals surface area contributed by atoms with Crippen molar-refractivity contribution in [3.05, 3.63) is 70.8 Å². The van der Waals surface area contributed by atoms with Crippen LogP contribution in [0.2, 0.25) is 0 Å². The van der Waals surface area contributed by atoms with E-state index in [0.29, 0.717) is 11.7 Å². The molecular formula is C20H21N3OS. The molecule has 0 spiro atoms. The Morgan fingerprint density at radius 1 is 1.16 bits per heavy atom. The van der Waals surface area contributed by atoms with E-state index in [1.54, 1.807) is 11.1 Å². The lowest BCUT2D eigenvalue weighted by atomic mass is 10.1. The number of carbonyl (C=O) groups is 1. The molecule has 3 rings (SSSR count). The van der Waals surface area contributed by atoms with Gasteiger partial charge >= 0.3 is 0 Å². The molecular weight excluding hydrogens is 330 g/mol. The van der Waals surface area contributed by atoms with Gasteiger partial charge in [0.2, 0.25) is 5.91 Å². The van der Waals surface area contributed by atoms with Crippen LogP contribution in [-0.2, 0) is 11.3 Å². The summed E-state index contributed by atoms with van der Waals surface area (Å²) in [6.07, 6.45) is 1.75. The van der Waals surface area contributed by atoms with Crippen LogP contribution in [0.4, 0.5) is 0 Å². The second-order valence-corrected chi connectivity index (χ2v) is 7.47. The normalized spacial score (nSPS) is 19.3. The van der Waals surface area contributed by atoms with Crippen LogP contribution in [0.25, 0.3) is 0 Å². The highest BCUT2D eigenvalue weighted by Crippen LogP contribution is 2.28. The Morgan fingerprint density at radius 3 is 2.64 bits per heavy atom. The molecule has 0 bridgehead atoms. The molecule has 1 fully saturated rings. The number of rotatable bonds is 4. The van der Waals surface area contributed by atoms with Gasteiger partial charge in [0.25, 0.3) is 0 Å². The Hall–Kier alpha value is -2.40. The molecule has 4 nitrogen and oxygen atoms in total. The predicted octanol–water partition coefficient (Wildman–Crippen LogP) is 4.16. The molecule has 0 aromatic heterocycles. The van der Waals surface area contributed by atoms with E-state index in [1.807, 2.05) is 43.3 Å². The monoisotopic (exact) mass is 351 g/mol. The standard InChI is InChI=1S/C20H21N3OS/c1-14-9-10-18(15(2)11-14)12-21-22-20-23(19(24)16(3)25-20)13-17-7-5-4-6-8-17/h4-12,16H,13H2,1-3H3/b21-12-,22-20+/t16-/m0/s1. The Labute approximate surface area is 152 Å². The molecule has 0 saturated carbocycles. The summed E-state index contributed by atoms with van der Waals surface area (Å²) in [4.78, 5) is 14.1. The van der Waals surface area contributed by atoms with Crippen molar-refractivity contribution < 1.29 is 4.79 Å². The van der Waals surface area contributed by atoms with Crippen molar-refractivity contribution in [3.63, 3.8) is 0 Å². The zero-order valence-electron chi connectivity index (χ0n) is 14.6. The Balaban J connectivity index is 1.79. The van der Waals surface area contributed by atoms with E-state index in [1.165, 1.54) is 17.3 Å². The molecule has 1 atom stereocenters. The summed E-state index contributed by atoms with van der Waals surface area (Å²) in [5.41, 5.74) is 4.50. The van der Waals surface area contributed by atoms with E-state index in [4.69, 9.17) is 0 Å². The van der Waals surface area contributed by atoms with E-state index < -0.39 is 0 Å². The number of benzene rings is 2. The Bertz CT molecular complexity index is 830. The van der Waals surface area contributed by atoms with Crippen molar-refractivity contribution in [2.45, 2.75) is 32.6 Å². The number of hydrogen-bond acceptors (Lipinski definition) is 4. The zero-order chi connectivity index (χ0) is 17.8. The van der Waals surface area contributed by atoms with Crippen molar-refractivity contribution in [2.75, 3.05) is 0 Å². The van der Waals surface area contributed by atoms with Crippen molar-refractivity contribution >= 4 is 29.1 Å². The van der Waals surface area contributed by atoms with Gasteiger partial charge in [0.15, 0.2) is 5.17 Å². The fraction of sp³-hybridized carbons (Fsp3) is 0.250. The van der Waals surface area contributed by atoms with Gasteiger partial charge in [-0.15, -0.1) is 5.10 Å². The molecule has 1 heterocycles. The van der Waals surface area contributed by atoms with Crippen molar-refractivity contribution in [1.29, 1.82) is 0 Å². The largest absolute Gasteiger partial charge is 0.284 e. The van der Waals surface area contributed by atoms with E-state index >= 15 is 0 Å². The van der Waals surface area contributed by atoms with Crippen molar-refractivity contribution in [3.8, 4) is 0 Å². The van der Waals surface area contributed by atoms with Gasteiger partial charge in [0, 0.05) is 0 Å². The molecule has 5 heteroatoms. The quantitative estimate of drug-likeness (QED) is 0.613. The summed E-state index contributed by atoms with van der Waals surface area (Å²) in [6.45, 7) is 6.55. The van der Waals surface area contributed by atoms with Crippen LogP contribution < -0.4 is 0 Å². The van der Waals surface area contributed by atoms with Crippen LogP contribution in [-0.4, -0.2) is 27.4 Å². The van der Waals surface area contributed by atoms with Gasteiger partial charge in [-0.3, -0.25) is 9.69 Å². The summed E-state index contributed by atoms with van der Waals surface area (Å²) in [7, 11) is 0.